The second-order valence-electron chi connectivity index (χ2n) is 3.10. The molecule has 1 aromatic rings. The summed E-state index contributed by atoms with van der Waals surface area (Å²) in [6, 6.07) is 0. The SMILES string of the molecule is C=CCN(CC=C)N=Nc1nc[nH]c1C(N)=O. The zero-order chi connectivity index (χ0) is 12.7. The molecule has 0 radical (unpaired) electrons. The van der Waals surface area contributed by atoms with Crippen LogP contribution in [-0.2, 0) is 0 Å². The lowest BCUT2D eigenvalue weighted by molar-refractivity contribution is 0.0996. The first-order chi connectivity index (χ1) is 8.19. The Hall–Kier alpha value is -2.44. The number of nitrogens with one attached hydrogen (secondary N) is 1. The largest absolute Gasteiger partial charge is 0.364 e. The van der Waals surface area contributed by atoms with Crippen molar-refractivity contribution in [1.29, 1.82) is 0 Å². The van der Waals surface area contributed by atoms with Crippen LogP contribution in [0.15, 0.2) is 42.0 Å². The molecule has 0 saturated carbocycles. The highest BCUT2D eigenvalue weighted by atomic mass is 16.1. The zero-order valence-corrected chi connectivity index (χ0v) is 9.33. The number of carbonyl (C=O) groups is 1. The Morgan fingerprint density at radius 2 is 2.18 bits per heavy atom. The molecular weight excluding hydrogens is 220 g/mol. The summed E-state index contributed by atoms with van der Waals surface area (Å²) >= 11 is 0. The van der Waals surface area contributed by atoms with Gasteiger partial charge in [-0.05, 0) is 0 Å². The minimum atomic E-state index is -0.629. The van der Waals surface area contributed by atoms with Gasteiger partial charge in [0, 0.05) is 0 Å². The molecule has 0 unspecified atom stereocenters. The third-order valence-electron chi connectivity index (χ3n) is 1.81. The molecule has 0 aliphatic heterocycles. The standard InChI is InChI=1S/C10H14N6O/c1-3-5-16(6-4-2)15-14-10-8(9(11)17)12-7-13-10/h3-4,7H,1-2,5-6H2,(H2,11,17)(H,12,13). The molecule has 0 aliphatic rings. The van der Waals surface area contributed by atoms with E-state index >= 15 is 0 Å². The minimum Gasteiger partial charge on any atom is -0.364 e. The van der Waals surface area contributed by atoms with Crippen molar-refractivity contribution >= 4 is 11.7 Å². The number of aromatic amines is 1. The van der Waals surface area contributed by atoms with E-state index in [2.05, 4.69) is 33.5 Å². The Morgan fingerprint density at radius 3 is 2.71 bits per heavy atom. The maximum absolute atomic E-state index is 11.0. The summed E-state index contributed by atoms with van der Waals surface area (Å²) in [5, 5.41) is 9.36. The van der Waals surface area contributed by atoms with Crippen molar-refractivity contribution in [2.75, 3.05) is 13.1 Å². The number of aromatic nitrogens is 2. The topological polar surface area (TPSA) is 99.7 Å². The van der Waals surface area contributed by atoms with Crippen LogP contribution in [0.1, 0.15) is 10.5 Å². The Kier molecular flexibility index (Phi) is 4.61. The Morgan fingerprint density at radius 1 is 1.53 bits per heavy atom. The summed E-state index contributed by atoms with van der Waals surface area (Å²) in [6.45, 7) is 8.24. The van der Waals surface area contributed by atoms with E-state index in [9.17, 15) is 4.79 Å². The summed E-state index contributed by atoms with van der Waals surface area (Å²) in [5.74, 6) is -0.467. The lowest BCUT2D eigenvalue weighted by Crippen LogP contribution is -2.16. The van der Waals surface area contributed by atoms with Crippen molar-refractivity contribution in [3.05, 3.63) is 37.3 Å². The number of hydrogen-bond donors (Lipinski definition) is 2. The highest BCUT2D eigenvalue weighted by Crippen LogP contribution is 2.13. The number of primary amides is 1. The van der Waals surface area contributed by atoms with E-state index in [0.717, 1.165) is 0 Å². The average molecular weight is 234 g/mol. The van der Waals surface area contributed by atoms with Gasteiger partial charge in [0.1, 0.15) is 0 Å². The molecular formula is C10H14N6O. The highest BCUT2D eigenvalue weighted by Gasteiger charge is 2.10. The summed E-state index contributed by atoms with van der Waals surface area (Å²) in [4.78, 5) is 17.4. The van der Waals surface area contributed by atoms with Crippen molar-refractivity contribution in [3.63, 3.8) is 0 Å². The van der Waals surface area contributed by atoms with E-state index in [0.29, 0.717) is 13.1 Å². The summed E-state index contributed by atoms with van der Waals surface area (Å²) < 4.78 is 0. The summed E-state index contributed by atoms with van der Waals surface area (Å²) in [7, 11) is 0. The third-order valence-corrected chi connectivity index (χ3v) is 1.81. The van der Waals surface area contributed by atoms with Crippen LogP contribution in [0.5, 0.6) is 0 Å². The fourth-order valence-corrected chi connectivity index (χ4v) is 1.10. The van der Waals surface area contributed by atoms with E-state index in [1.165, 1.54) is 6.33 Å². The number of imidazole rings is 1. The Balaban J connectivity index is 2.79. The lowest BCUT2D eigenvalue weighted by Gasteiger charge is -2.11. The molecule has 1 aromatic heterocycles. The molecule has 0 spiro atoms. The van der Waals surface area contributed by atoms with Crippen LogP contribution in [-0.4, -0.2) is 34.0 Å². The van der Waals surface area contributed by atoms with Gasteiger partial charge in [-0.15, -0.1) is 18.3 Å². The summed E-state index contributed by atoms with van der Waals surface area (Å²) in [5.41, 5.74) is 5.26. The van der Waals surface area contributed by atoms with Gasteiger partial charge < -0.3 is 10.7 Å². The first-order valence-corrected chi connectivity index (χ1v) is 4.90. The van der Waals surface area contributed by atoms with Crippen molar-refractivity contribution in [2.24, 2.45) is 16.1 Å². The number of hydrogen-bond acceptors (Lipinski definition) is 4. The van der Waals surface area contributed by atoms with E-state index in [4.69, 9.17) is 5.73 Å². The van der Waals surface area contributed by atoms with Gasteiger partial charge in [0.25, 0.3) is 5.91 Å². The van der Waals surface area contributed by atoms with Crippen molar-refractivity contribution in [3.8, 4) is 0 Å². The van der Waals surface area contributed by atoms with Crippen LogP contribution in [0.3, 0.4) is 0 Å². The molecule has 0 atom stereocenters. The second kappa shape index (κ2) is 6.21. The van der Waals surface area contributed by atoms with Crippen molar-refractivity contribution in [2.45, 2.75) is 0 Å². The van der Waals surface area contributed by atoms with Crippen LogP contribution >= 0.6 is 0 Å². The van der Waals surface area contributed by atoms with Crippen LogP contribution < -0.4 is 5.73 Å². The number of carbonyl (C=O) groups excluding carboxylic acids is 1. The molecule has 7 heteroatoms. The minimum absolute atomic E-state index is 0.130. The molecule has 0 bridgehead atoms. The Bertz CT molecular complexity index is 426. The molecule has 7 nitrogen and oxygen atoms in total. The maximum atomic E-state index is 11.0. The van der Waals surface area contributed by atoms with Gasteiger partial charge in [-0.2, -0.15) is 0 Å². The molecule has 17 heavy (non-hydrogen) atoms. The molecule has 0 aromatic carbocycles. The van der Waals surface area contributed by atoms with Gasteiger partial charge in [0.2, 0.25) is 5.82 Å². The second-order valence-corrected chi connectivity index (χ2v) is 3.10. The predicted octanol–water partition coefficient (Wildman–Crippen LogP) is 1.18. The molecule has 0 aliphatic carbocycles. The van der Waals surface area contributed by atoms with E-state index < -0.39 is 5.91 Å². The van der Waals surface area contributed by atoms with Gasteiger partial charge in [-0.25, -0.2) is 4.98 Å². The normalized spacial score (nSPS) is 10.4. The summed E-state index contributed by atoms with van der Waals surface area (Å²) in [6.07, 6.45) is 4.70. The van der Waals surface area contributed by atoms with E-state index in [-0.39, 0.29) is 11.5 Å². The highest BCUT2D eigenvalue weighted by molar-refractivity contribution is 5.94. The molecule has 3 N–H and O–H groups in total. The van der Waals surface area contributed by atoms with Gasteiger partial charge >= 0.3 is 0 Å². The van der Waals surface area contributed by atoms with E-state index in [1.54, 1.807) is 17.2 Å². The molecule has 1 amide bonds. The molecule has 1 heterocycles. The molecule has 1 rings (SSSR count). The Labute approximate surface area is 98.7 Å². The zero-order valence-electron chi connectivity index (χ0n) is 9.33. The van der Waals surface area contributed by atoms with Crippen LogP contribution in [0, 0.1) is 0 Å². The van der Waals surface area contributed by atoms with Crippen molar-refractivity contribution in [1.82, 2.24) is 15.0 Å². The van der Waals surface area contributed by atoms with Gasteiger partial charge in [-0.1, -0.05) is 17.4 Å². The van der Waals surface area contributed by atoms with Crippen LogP contribution in [0.2, 0.25) is 0 Å². The maximum Gasteiger partial charge on any atom is 0.269 e. The van der Waals surface area contributed by atoms with Crippen LogP contribution in [0.4, 0.5) is 5.82 Å². The van der Waals surface area contributed by atoms with Crippen molar-refractivity contribution < 1.29 is 4.79 Å². The van der Waals surface area contributed by atoms with Gasteiger partial charge in [-0.3, -0.25) is 9.80 Å². The fourth-order valence-electron chi connectivity index (χ4n) is 1.10. The number of H-pyrrole nitrogens is 1. The monoisotopic (exact) mass is 234 g/mol. The number of nitrogens with zero attached hydrogens (tertiary/aromatic N) is 4. The van der Waals surface area contributed by atoms with Gasteiger partial charge in [0.05, 0.1) is 19.4 Å². The van der Waals surface area contributed by atoms with Gasteiger partial charge in [0.15, 0.2) is 5.69 Å². The fraction of sp³-hybridized carbons (Fsp3) is 0.200. The quantitative estimate of drug-likeness (QED) is 0.421. The van der Waals surface area contributed by atoms with Crippen LogP contribution in [0.25, 0.3) is 0 Å². The molecule has 0 fully saturated rings. The molecule has 0 saturated heterocycles. The lowest BCUT2D eigenvalue weighted by atomic mass is 10.4. The van der Waals surface area contributed by atoms with E-state index in [1.807, 2.05) is 0 Å². The number of nitrogens with two attached hydrogens (primary N) is 1. The molecule has 90 valence electrons. The number of rotatable bonds is 7. The predicted molar refractivity (Wildman–Crippen MR) is 63.6 cm³/mol. The first kappa shape index (κ1) is 12.6. The number of amides is 1. The average Bonchev–Trinajstić information content (AvgIpc) is 2.74. The smallest absolute Gasteiger partial charge is 0.269 e. The third kappa shape index (κ3) is 3.56. The first-order valence-electron chi connectivity index (χ1n) is 4.90.